The lowest BCUT2D eigenvalue weighted by Crippen LogP contribution is -2.30. The number of ether oxygens (including phenoxy) is 1. The van der Waals surface area contributed by atoms with Crippen LogP contribution in [0.4, 0.5) is 5.69 Å². The number of fused-ring (bicyclic) bond motifs is 1. The van der Waals surface area contributed by atoms with Crippen molar-refractivity contribution in [2.45, 2.75) is 13.3 Å². The maximum absolute atomic E-state index is 12.3. The highest BCUT2D eigenvalue weighted by molar-refractivity contribution is 7.92. The van der Waals surface area contributed by atoms with Crippen LogP contribution in [0, 0.1) is 0 Å². The maximum atomic E-state index is 12.3. The molecule has 0 amide bonds. The van der Waals surface area contributed by atoms with Crippen molar-refractivity contribution in [2.24, 2.45) is 0 Å². The Morgan fingerprint density at radius 2 is 2.11 bits per heavy atom. The zero-order chi connectivity index (χ0) is 19.4. The fourth-order valence-corrected chi connectivity index (χ4v) is 3.95. The van der Waals surface area contributed by atoms with Crippen molar-refractivity contribution in [3.05, 3.63) is 59.6 Å². The molecule has 0 radical (unpaired) electrons. The van der Waals surface area contributed by atoms with E-state index in [0.29, 0.717) is 30.0 Å². The van der Waals surface area contributed by atoms with Gasteiger partial charge < -0.3 is 9.15 Å². The molecule has 0 aliphatic carbocycles. The number of hydrogen-bond acceptors (Lipinski definition) is 6. The molecule has 0 unspecified atom stereocenters. The molecule has 1 aromatic carbocycles. The van der Waals surface area contributed by atoms with E-state index in [1.165, 1.54) is 22.7 Å². The highest BCUT2D eigenvalue weighted by Crippen LogP contribution is 2.31. The lowest BCUT2D eigenvalue weighted by atomic mass is 10.1. The zero-order valence-electron chi connectivity index (χ0n) is 14.8. The zero-order valence-corrected chi connectivity index (χ0v) is 15.6. The first-order valence-corrected chi connectivity index (χ1v) is 10.1. The normalized spacial score (nSPS) is 13.7. The molecule has 1 aromatic heterocycles. The van der Waals surface area contributed by atoms with Gasteiger partial charge in [0.05, 0.1) is 17.7 Å². The van der Waals surface area contributed by atoms with Gasteiger partial charge in [-0.05, 0) is 55.3 Å². The SMILES string of the molecule is CCS(=O)(=O)N1CCc2cc(C(=O)COC(=O)/C=C/c3ccco3)ccc21. The number of Topliss-reactive ketones (excluding diaryl/α,β-unsaturated/α-hetero) is 1. The number of nitrogens with zero attached hydrogens (tertiary/aromatic N) is 1. The molecular weight excluding hydrogens is 370 g/mol. The molecule has 3 rings (SSSR count). The Labute approximate surface area is 157 Å². The summed E-state index contributed by atoms with van der Waals surface area (Å²) in [6.07, 6.45) is 4.66. The summed E-state index contributed by atoms with van der Waals surface area (Å²) >= 11 is 0. The largest absolute Gasteiger partial charge is 0.465 e. The van der Waals surface area contributed by atoms with Gasteiger partial charge in [0.1, 0.15) is 5.76 Å². The average molecular weight is 389 g/mol. The second-order valence-corrected chi connectivity index (χ2v) is 8.13. The highest BCUT2D eigenvalue weighted by atomic mass is 32.2. The first kappa shape index (κ1) is 18.9. The van der Waals surface area contributed by atoms with E-state index < -0.39 is 22.6 Å². The second kappa shape index (κ2) is 7.79. The number of rotatable bonds is 7. The molecular formula is C19H19NO6S. The fourth-order valence-electron chi connectivity index (χ4n) is 2.79. The van der Waals surface area contributed by atoms with Gasteiger partial charge in [0.25, 0.3) is 0 Å². The van der Waals surface area contributed by atoms with Crippen molar-refractivity contribution >= 4 is 33.5 Å². The molecule has 0 spiro atoms. The molecule has 2 heterocycles. The molecule has 0 N–H and O–H groups in total. The van der Waals surface area contributed by atoms with Gasteiger partial charge in [0, 0.05) is 18.2 Å². The van der Waals surface area contributed by atoms with Crippen LogP contribution >= 0.6 is 0 Å². The highest BCUT2D eigenvalue weighted by Gasteiger charge is 2.28. The third-order valence-electron chi connectivity index (χ3n) is 4.23. The van der Waals surface area contributed by atoms with Crippen LogP contribution in [-0.2, 0) is 26.0 Å². The fraction of sp³-hybridized carbons (Fsp3) is 0.263. The smallest absolute Gasteiger partial charge is 0.331 e. The van der Waals surface area contributed by atoms with Crippen molar-refractivity contribution in [2.75, 3.05) is 23.2 Å². The molecule has 0 bridgehead atoms. The monoisotopic (exact) mass is 389 g/mol. The molecule has 0 saturated heterocycles. The van der Waals surface area contributed by atoms with E-state index in [-0.39, 0.29) is 11.5 Å². The molecule has 1 aliphatic heterocycles. The molecule has 0 fully saturated rings. The molecule has 1 aliphatic rings. The Morgan fingerprint density at radius 3 is 2.81 bits per heavy atom. The van der Waals surface area contributed by atoms with Gasteiger partial charge in [0.2, 0.25) is 10.0 Å². The lowest BCUT2D eigenvalue weighted by Gasteiger charge is -2.18. The number of carbonyl (C=O) groups is 2. The van der Waals surface area contributed by atoms with Crippen LogP contribution in [0.2, 0.25) is 0 Å². The van der Waals surface area contributed by atoms with E-state index in [0.717, 1.165) is 5.56 Å². The van der Waals surface area contributed by atoms with Gasteiger partial charge in [-0.2, -0.15) is 0 Å². The van der Waals surface area contributed by atoms with Gasteiger partial charge in [-0.15, -0.1) is 0 Å². The molecule has 0 saturated carbocycles. The molecule has 7 nitrogen and oxygen atoms in total. The minimum absolute atomic E-state index is 0.0224. The van der Waals surface area contributed by atoms with Crippen LogP contribution in [0.15, 0.2) is 47.1 Å². The summed E-state index contributed by atoms with van der Waals surface area (Å²) in [7, 11) is -3.33. The third kappa shape index (κ3) is 4.28. The quantitative estimate of drug-likeness (QED) is 0.410. The van der Waals surface area contributed by atoms with Crippen molar-refractivity contribution in [3.63, 3.8) is 0 Å². The summed E-state index contributed by atoms with van der Waals surface area (Å²) in [5.41, 5.74) is 1.78. The van der Waals surface area contributed by atoms with Crippen molar-refractivity contribution < 1.29 is 27.2 Å². The average Bonchev–Trinajstić information content (AvgIpc) is 3.33. The predicted molar refractivity (Wildman–Crippen MR) is 100.0 cm³/mol. The number of esters is 1. The van der Waals surface area contributed by atoms with E-state index >= 15 is 0 Å². The summed E-state index contributed by atoms with van der Waals surface area (Å²) in [5, 5.41) is 0. The Hall–Kier alpha value is -2.87. The van der Waals surface area contributed by atoms with Crippen LogP contribution in [0.3, 0.4) is 0 Å². The summed E-state index contributed by atoms with van der Waals surface area (Å²) in [4.78, 5) is 23.9. The Kier molecular flexibility index (Phi) is 5.46. The first-order chi connectivity index (χ1) is 12.9. The Morgan fingerprint density at radius 1 is 1.30 bits per heavy atom. The predicted octanol–water partition coefficient (Wildman–Crippen LogP) is 2.43. The van der Waals surface area contributed by atoms with E-state index in [2.05, 4.69) is 0 Å². The van der Waals surface area contributed by atoms with Gasteiger partial charge >= 0.3 is 5.97 Å². The Bertz CT molecular complexity index is 976. The number of carbonyl (C=O) groups excluding carboxylic acids is 2. The van der Waals surface area contributed by atoms with Crippen molar-refractivity contribution in [1.82, 2.24) is 0 Å². The summed E-state index contributed by atoms with van der Waals surface area (Å²) < 4.78 is 35.6. The topological polar surface area (TPSA) is 93.9 Å². The maximum Gasteiger partial charge on any atom is 0.331 e. The molecule has 8 heteroatoms. The van der Waals surface area contributed by atoms with Crippen LogP contribution in [0.5, 0.6) is 0 Å². The van der Waals surface area contributed by atoms with E-state index in [1.807, 2.05) is 0 Å². The number of benzene rings is 1. The minimum atomic E-state index is -3.33. The van der Waals surface area contributed by atoms with Crippen LogP contribution in [0.1, 0.15) is 28.6 Å². The van der Waals surface area contributed by atoms with Gasteiger partial charge in [-0.25, -0.2) is 13.2 Å². The summed E-state index contributed by atoms with van der Waals surface area (Å²) in [5.74, 6) is -0.479. The number of ketones is 1. The number of sulfonamides is 1. The summed E-state index contributed by atoms with van der Waals surface area (Å²) in [6.45, 7) is 1.58. The standard InChI is InChI=1S/C19H19NO6S/c1-2-27(23,24)20-10-9-14-12-15(5-7-17(14)20)18(21)13-26-19(22)8-6-16-4-3-11-25-16/h3-8,11-12H,2,9-10,13H2,1H3/b8-6+. The molecule has 142 valence electrons. The van der Waals surface area contributed by atoms with Gasteiger partial charge in [-0.1, -0.05) is 0 Å². The van der Waals surface area contributed by atoms with E-state index in [1.54, 1.807) is 37.3 Å². The van der Waals surface area contributed by atoms with E-state index in [9.17, 15) is 18.0 Å². The van der Waals surface area contributed by atoms with Crippen LogP contribution < -0.4 is 4.31 Å². The van der Waals surface area contributed by atoms with Crippen molar-refractivity contribution in [3.8, 4) is 0 Å². The van der Waals surface area contributed by atoms with Crippen LogP contribution in [-0.4, -0.2) is 39.1 Å². The van der Waals surface area contributed by atoms with E-state index in [4.69, 9.17) is 9.15 Å². The van der Waals surface area contributed by atoms with Crippen molar-refractivity contribution in [1.29, 1.82) is 0 Å². The number of hydrogen-bond donors (Lipinski definition) is 0. The Balaban J connectivity index is 1.62. The third-order valence-corrected chi connectivity index (χ3v) is 6.01. The molecule has 0 atom stereocenters. The van der Waals surface area contributed by atoms with Crippen LogP contribution in [0.25, 0.3) is 6.08 Å². The van der Waals surface area contributed by atoms with Gasteiger partial charge in [-0.3, -0.25) is 9.10 Å². The second-order valence-electron chi connectivity index (χ2n) is 5.95. The number of furan rings is 1. The lowest BCUT2D eigenvalue weighted by molar-refractivity contribution is -0.136. The molecule has 2 aromatic rings. The number of anilines is 1. The molecule has 27 heavy (non-hydrogen) atoms. The minimum Gasteiger partial charge on any atom is -0.465 e. The van der Waals surface area contributed by atoms with Gasteiger partial charge in [0.15, 0.2) is 12.4 Å². The first-order valence-electron chi connectivity index (χ1n) is 8.45. The summed E-state index contributed by atoms with van der Waals surface area (Å²) in [6, 6.07) is 8.21.